The standard InChI is InChI=1S/C22H25N3O5S.ClH/c1-2-30-22(27)23-16-7-8-20-18(15-16)25(17-5-3-4-6-19(17)31(20)28)21(26)9-10-24-11-13-29-14-12-24;/h3-8,15H,2,9-14H2,1H3,(H,23,27);1H/p-1. The lowest BCUT2D eigenvalue weighted by atomic mass is 10.2. The topological polar surface area (TPSA) is 88.2 Å². The number of nitrogens with zero attached hydrogens (tertiary/aromatic N) is 2. The number of morpholine rings is 1. The van der Waals surface area contributed by atoms with E-state index in [1.807, 2.05) is 12.1 Å². The summed E-state index contributed by atoms with van der Waals surface area (Å²) in [6, 6.07) is 12.2. The van der Waals surface area contributed by atoms with Crippen molar-refractivity contribution in [2.24, 2.45) is 0 Å². The number of hydrogen-bond donors (Lipinski definition) is 1. The number of anilines is 3. The van der Waals surface area contributed by atoms with Crippen molar-refractivity contribution >= 4 is 39.9 Å². The second-order valence-electron chi connectivity index (χ2n) is 7.20. The number of nitrogens with one attached hydrogen (secondary N) is 1. The van der Waals surface area contributed by atoms with Crippen LogP contribution in [0.1, 0.15) is 13.3 Å². The number of rotatable bonds is 5. The van der Waals surface area contributed by atoms with E-state index >= 15 is 0 Å². The molecule has 1 atom stereocenters. The van der Waals surface area contributed by atoms with Gasteiger partial charge in [-0.25, -0.2) is 9.00 Å². The fraction of sp³-hybridized carbons (Fsp3) is 0.364. The summed E-state index contributed by atoms with van der Waals surface area (Å²) in [5.41, 5.74) is 1.59. The van der Waals surface area contributed by atoms with E-state index in [2.05, 4.69) is 10.2 Å². The number of fused-ring (bicyclic) bond motifs is 2. The zero-order chi connectivity index (χ0) is 21.8. The molecule has 1 N–H and O–H groups in total. The van der Waals surface area contributed by atoms with Crippen LogP contribution < -0.4 is 22.6 Å². The molecule has 0 aliphatic carbocycles. The van der Waals surface area contributed by atoms with Gasteiger partial charge in [-0.2, -0.15) is 0 Å². The first-order valence-corrected chi connectivity index (χ1v) is 11.4. The van der Waals surface area contributed by atoms with Gasteiger partial charge in [-0.1, -0.05) is 12.1 Å². The number of ether oxygens (including phenoxy) is 2. The van der Waals surface area contributed by atoms with Crippen molar-refractivity contribution in [3.05, 3.63) is 42.5 Å². The first-order chi connectivity index (χ1) is 15.1. The molecule has 2 aliphatic heterocycles. The van der Waals surface area contributed by atoms with E-state index in [1.165, 1.54) is 0 Å². The molecular formula is C22H25ClN3O5S-. The van der Waals surface area contributed by atoms with Crippen LogP contribution in [0.4, 0.5) is 21.9 Å². The maximum Gasteiger partial charge on any atom is 0.411 e. The maximum atomic E-state index is 13.4. The van der Waals surface area contributed by atoms with Crippen LogP contribution in [0.25, 0.3) is 0 Å². The highest BCUT2D eigenvalue weighted by Gasteiger charge is 2.32. The third-order valence-corrected chi connectivity index (χ3v) is 6.71. The van der Waals surface area contributed by atoms with Gasteiger partial charge in [0, 0.05) is 31.7 Å². The number of benzene rings is 2. The highest BCUT2D eigenvalue weighted by molar-refractivity contribution is 7.85. The molecule has 2 aromatic rings. The summed E-state index contributed by atoms with van der Waals surface area (Å²) in [5.74, 6) is -0.0924. The van der Waals surface area contributed by atoms with Crippen LogP contribution in [0, 0.1) is 0 Å². The van der Waals surface area contributed by atoms with Crippen LogP contribution in [0.15, 0.2) is 52.3 Å². The first kappa shape index (κ1) is 24.2. The maximum absolute atomic E-state index is 13.4. The zero-order valence-corrected chi connectivity index (χ0v) is 19.3. The van der Waals surface area contributed by atoms with Crippen molar-refractivity contribution < 1.29 is 35.7 Å². The summed E-state index contributed by atoms with van der Waals surface area (Å²) >= 11 is 0. The Bertz CT molecular complexity index is 1010. The molecule has 10 heteroatoms. The summed E-state index contributed by atoms with van der Waals surface area (Å²) in [5, 5.41) is 2.65. The minimum absolute atomic E-state index is 0. The third-order valence-electron chi connectivity index (χ3n) is 5.22. The molecule has 32 heavy (non-hydrogen) atoms. The summed E-state index contributed by atoms with van der Waals surface area (Å²) in [7, 11) is -1.42. The van der Waals surface area contributed by atoms with Gasteiger partial charge in [0.15, 0.2) is 0 Å². The van der Waals surface area contributed by atoms with Crippen LogP contribution in [0.5, 0.6) is 0 Å². The zero-order valence-electron chi connectivity index (χ0n) is 17.7. The Morgan fingerprint density at radius 2 is 1.81 bits per heavy atom. The molecule has 0 aromatic heterocycles. The van der Waals surface area contributed by atoms with Crippen LogP contribution in [-0.4, -0.2) is 60.6 Å². The molecule has 0 radical (unpaired) electrons. The Labute approximate surface area is 195 Å². The van der Waals surface area contributed by atoms with E-state index in [1.54, 1.807) is 42.2 Å². The Morgan fingerprint density at radius 3 is 2.56 bits per heavy atom. The molecule has 2 aromatic carbocycles. The quantitative estimate of drug-likeness (QED) is 0.657. The Kier molecular flexibility index (Phi) is 8.25. The van der Waals surface area contributed by atoms with Gasteiger partial charge in [0.25, 0.3) is 0 Å². The predicted molar refractivity (Wildman–Crippen MR) is 117 cm³/mol. The van der Waals surface area contributed by atoms with Gasteiger partial charge in [0.2, 0.25) is 5.91 Å². The smallest absolute Gasteiger partial charge is 0.411 e. The average molecular weight is 479 g/mol. The van der Waals surface area contributed by atoms with E-state index in [0.717, 1.165) is 13.1 Å². The molecule has 0 spiro atoms. The number of hydrogen-bond acceptors (Lipinski definition) is 6. The van der Waals surface area contributed by atoms with Crippen molar-refractivity contribution in [1.29, 1.82) is 0 Å². The highest BCUT2D eigenvalue weighted by atomic mass is 35.5. The van der Waals surface area contributed by atoms with Crippen LogP contribution in [-0.2, 0) is 25.1 Å². The molecule has 1 saturated heterocycles. The Balaban J connectivity index is 0.00000289. The summed E-state index contributed by atoms with van der Waals surface area (Å²) in [6.07, 6.45) is -0.263. The summed E-state index contributed by atoms with van der Waals surface area (Å²) in [4.78, 5) is 30.2. The van der Waals surface area contributed by atoms with Crippen LogP contribution in [0.3, 0.4) is 0 Å². The average Bonchev–Trinajstić information content (AvgIpc) is 2.78. The van der Waals surface area contributed by atoms with Crippen LogP contribution >= 0.6 is 0 Å². The van der Waals surface area contributed by atoms with E-state index < -0.39 is 16.9 Å². The fourth-order valence-electron chi connectivity index (χ4n) is 3.72. The fourth-order valence-corrected chi connectivity index (χ4v) is 5.04. The van der Waals surface area contributed by atoms with E-state index in [4.69, 9.17) is 9.47 Å². The number of para-hydroxylation sites is 1. The molecule has 2 aliphatic rings. The molecule has 2 amide bonds. The van der Waals surface area contributed by atoms with Crippen molar-refractivity contribution in [3.63, 3.8) is 0 Å². The van der Waals surface area contributed by atoms with Crippen molar-refractivity contribution in [3.8, 4) is 0 Å². The molecular weight excluding hydrogens is 454 g/mol. The van der Waals surface area contributed by atoms with E-state index in [0.29, 0.717) is 53.0 Å². The Morgan fingerprint density at radius 1 is 1.09 bits per heavy atom. The molecule has 172 valence electrons. The number of carbonyl (C=O) groups is 2. The molecule has 0 saturated carbocycles. The molecule has 0 bridgehead atoms. The van der Waals surface area contributed by atoms with E-state index in [-0.39, 0.29) is 24.9 Å². The minimum Gasteiger partial charge on any atom is -1.00 e. The van der Waals surface area contributed by atoms with E-state index in [9.17, 15) is 13.8 Å². The lowest BCUT2D eigenvalue weighted by molar-refractivity contribution is -0.118. The van der Waals surface area contributed by atoms with Gasteiger partial charge < -0.3 is 21.9 Å². The summed E-state index contributed by atoms with van der Waals surface area (Å²) < 4.78 is 23.5. The van der Waals surface area contributed by atoms with Gasteiger partial charge in [0.1, 0.15) is 0 Å². The van der Waals surface area contributed by atoms with Gasteiger partial charge >= 0.3 is 6.09 Å². The molecule has 2 heterocycles. The molecule has 1 fully saturated rings. The first-order valence-electron chi connectivity index (χ1n) is 10.3. The number of amides is 2. The van der Waals surface area contributed by atoms with Crippen LogP contribution in [0.2, 0.25) is 0 Å². The number of halogens is 1. The van der Waals surface area contributed by atoms with Gasteiger partial charge in [0.05, 0.1) is 51.8 Å². The largest absolute Gasteiger partial charge is 1.00 e. The van der Waals surface area contributed by atoms with Crippen molar-refractivity contribution in [2.45, 2.75) is 23.1 Å². The second kappa shape index (κ2) is 10.9. The second-order valence-corrected chi connectivity index (χ2v) is 8.61. The van der Waals surface area contributed by atoms with Gasteiger partial charge in [-0.15, -0.1) is 0 Å². The molecule has 4 rings (SSSR count). The highest BCUT2D eigenvalue weighted by Crippen LogP contribution is 2.43. The Hall–Kier alpha value is -2.46. The predicted octanol–water partition coefficient (Wildman–Crippen LogP) is 0.126. The molecule has 8 nitrogen and oxygen atoms in total. The van der Waals surface area contributed by atoms with Gasteiger partial charge in [-0.05, 0) is 37.3 Å². The van der Waals surface area contributed by atoms with Gasteiger partial charge in [-0.3, -0.25) is 19.9 Å². The molecule has 1 unspecified atom stereocenters. The summed E-state index contributed by atoms with van der Waals surface area (Å²) in [6.45, 7) is 5.55. The normalized spacial score (nSPS) is 17.5. The minimum atomic E-state index is -1.42. The van der Waals surface area contributed by atoms with Crippen molar-refractivity contribution in [1.82, 2.24) is 4.90 Å². The van der Waals surface area contributed by atoms with Crippen molar-refractivity contribution in [2.75, 3.05) is 49.7 Å². The lowest BCUT2D eigenvalue weighted by Crippen LogP contribution is -3.00. The SMILES string of the molecule is CCOC(=O)Nc1ccc2c(c1)N(C(=O)CCN1CCOCC1)c1ccccc1S2=O.[Cl-]. The lowest BCUT2D eigenvalue weighted by Gasteiger charge is -2.32. The number of carbonyl (C=O) groups excluding carboxylic acids is 2. The third kappa shape index (κ3) is 5.12. The monoisotopic (exact) mass is 478 g/mol.